The highest BCUT2D eigenvalue weighted by molar-refractivity contribution is 7.92. The Balaban J connectivity index is 2.06. The lowest BCUT2D eigenvalue weighted by atomic mass is 9.99. The molecule has 0 radical (unpaired) electrons. The van der Waals surface area contributed by atoms with Crippen LogP contribution in [-0.2, 0) is 14.8 Å². The summed E-state index contributed by atoms with van der Waals surface area (Å²) in [6.45, 7) is 3.87. The Morgan fingerprint density at radius 3 is 2.15 bits per heavy atom. The zero-order valence-electron chi connectivity index (χ0n) is 16.6. The van der Waals surface area contributed by atoms with E-state index < -0.39 is 15.9 Å². The molecule has 0 saturated heterocycles. The Bertz CT molecular complexity index is 745. The first kappa shape index (κ1) is 21.4. The van der Waals surface area contributed by atoms with Crippen LogP contribution in [0.1, 0.15) is 70.3 Å². The Morgan fingerprint density at radius 2 is 1.63 bits per heavy atom. The second-order valence-corrected chi connectivity index (χ2v) is 9.40. The van der Waals surface area contributed by atoms with Crippen LogP contribution in [0, 0.1) is 0 Å². The molecule has 1 N–H and O–H groups in total. The van der Waals surface area contributed by atoms with E-state index in [1.54, 1.807) is 12.1 Å². The smallest absolute Gasteiger partial charge is 0.260 e. The molecule has 7 heteroatoms. The van der Waals surface area contributed by atoms with Gasteiger partial charge in [-0.2, -0.15) is 5.10 Å². The monoisotopic (exact) mass is 393 g/mol. The summed E-state index contributed by atoms with van der Waals surface area (Å²) in [7, 11) is -3.58. The highest BCUT2D eigenvalue weighted by Gasteiger charge is 2.21. The summed E-state index contributed by atoms with van der Waals surface area (Å²) in [5, 5.41) is 4.25. The number of nitrogens with one attached hydrogen (secondary N) is 1. The molecule has 1 aromatic carbocycles. The van der Waals surface area contributed by atoms with Crippen LogP contribution in [0.3, 0.4) is 0 Å². The highest BCUT2D eigenvalue weighted by atomic mass is 32.2. The normalized spacial score (nSPS) is 15.8. The fourth-order valence-corrected chi connectivity index (χ4v) is 4.01. The summed E-state index contributed by atoms with van der Waals surface area (Å²) in [6.07, 6.45) is 8.73. The summed E-state index contributed by atoms with van der Waals surface area (Å²) in [4.78, 5) is 12.3. The Hall–Kier alpha value is -1.89. The van der Waals surface area contributed by atoms with Crippen LogP contribution in [-0.4, -0.2) is 32.8 Å². The van der Waals surface area contributed by atoms with E-state index in [4.69, 9.17) is 0 Å². The molecular weight excluding hydrogens is 362 g/mol. The lowest BCUT2D eigenvalue weighted by molar-refractivity contribution is -0.119. The fourth-order valence-electron chi connectivity index (χ4n) is 3.16. The average Bonchev–Trinajstić information content (AvgIpc) is 2.58. The molecule has 6 nitrogen and oxygen atoms in total. The molecule has 1 aliphatic rings. The van der Waals surface area contributed by atoms with Gasteiger partial charge in [-0.25, -0.2) is 13.8 Å². The largest absolute Gasteiger partial charge is 0.271 e. The van der Waals surface area contributed by atoms with Crippen LogP contribution in [0.2, 0.25) is 0 Å². The first-order valence-electron chi connectivity index (χ1n) is 9.69. The van der Waals surface area contributed by atoms with E-state index in [9.17, 15) is 13.2 Å². The van der Waals surface area contributed by atoms with Crippen molar-refractivity contribution in [3.05, 3.63) is 29.8 Å². The van der Waals surface area contributed by atoms with Gasteiger partial charge in [0.2, 0.25) is 10.0 Å². The minimum Gasteiger partial charge on any atom is -0.271 e. The minimum absolute atomic E-state index is 0.281. The molecule has 0 atom stereocenters. The number of carbonyl (C=O) groups is 1. The van der Waals surface area contributed by atoms with E-state index in [2.05, 4.69) is 24.4 Å². The van der Waals surface area contributed by atoms with Gasteiger partial charge in [0.1, 0.15) is 6.54 Å². The number of carbonyl (C=O) groups excluding carboxylic acids is 1. The summed E-state index contributed by atoms with van der Waals surface area (Å²) in [5.41, 5.74) is 5.14. The van der Waals surface area contributed by atoms with Crippen LogP contribution in [0.4, 0.5) is 5.69 Å². The summed E-state index contributed by atoms with van der Waals surface area (Å²) < 4.78 is 25.5. The number of sulfonamides is 1. The van der Waals surface area contributed by atoms with Crippen LogP contribution in [0.5, 0.6) is 0 Å². The first-order chi connectivity index (χ1) is 12.8. The average molecular weight is 394 g/mol. The quantitative estimate of drug-likeness (QED) is 0.747. The van der Waals surface area contributed by atoms with Gasteiger partial charge in [-0.1, -0.05) is 45.2 Å². The van der Waals surface area contributed by atoms with Gasteiger partial charge in [-0.05, 0) is 49.3 Å². The van der Waals surface area contributed by atoms with Gasteiger partial charge < -0.3 is 0 Å². The predicted molar refractivity (Wildman–Crippen MR) is 111 cm³/mol. The maximum Gasteiger partial charge on any atom is 0.260 e. The number of benzene rings is 1. The number of anilines is 1. The zero-order chi connectivity index (χ0) is 19.9. The van der Waals surface area contributed by atoms with Crippen molar-refractivity contribution in [2.24, 2.45) is 5.10 Å². The van der Waals surface area contributed by atoms with Gasteiger partial charge in [-0.15, -0.1) is 0 Å². The molecule has 0 unspecified atom stereocenters. The van der Waals surface area contributed by atoms with Gasteiger partial charge in [0.05, 0.1) is 11.9 Å². The van der Waals surface area contributed by atoms with E-state index in [0.717, 1.165) is 47.5 Å². The molecule has 2 rings (SSSR count). The first-order valence-corrected chi connectivity index (χ1v) is 11.5. The molecule has 1 aliphatic carbocycles. The number of hydrogen-bond acceptors (Lipinski definition) is 4. The third-order valence-electron chi connectivity index (χ3n) is 4.80. The van der Waals surface area contributed by atoms with Crippen molar-refractivity contribution in [2.75, 3.05) is 17.1 Å². The van der Waals surface area contributed by atoms with Gasteiger partial charge in [0.25, 0.3) is 5.91 Å². The van der Waals surface area contributed by atoms with E-state index in [1.807, 2.05) is 12.1 Å². The maximum atomic E-state index is 12.3. The van der Waals surface area contributed by atoms with Gasteiger partial charge >= 0.3 is 0 Å². The Kier molecular flexibility index (Phi) is 7.83. The molecule has 1 saturated carbocycles. The van der Waals surface area contributed by atoms with Crippen LogP contribution in [0.25, 0.3) is 0 Å². The van der Waals surface area contributed by atoms with Crippen molar-refractivity contribution < 1.29 is 13.2 Å². The number of hydrazone groups is 1. The Morgan fingerprint density at radius 1 is 1.07 bits per heavy atom. The van der Waals surface area contributed by atoms with E-state index in [0.29, 0.717) is 11.6 Å². The van der Waals surface area contributed by atoms with E-state index in [1.165, 1.54) is 19.3 Å². The van der Waals surface area contributed by atoms with Gasteiger partial charge in [0, 0.05) is 5.71 Å². The third kappa shape index (κ3) is 6.97. The fraction of sp³-hybridized carbons (Fsp3) is 0.600. The molecule has 1 amide bonds. The lowest BCUT2D eigenvalue weighted by Crippen LogP contribution is -2.39. The van der Waals surface area contributed by atoms with E-state index in [-0.39, 0.29) is 6.54 Å². The number of rotatable bonds is 6. The zero-order valence-corrected chi connectivity index (χ0v) is 17.4. The Labute approximate surface area is 163 Å². The molecule has 0 spiro atoms. The second kappa shape index (κ2) is 9.88. The van der Waals surface area contributed by atoms with Crippen molar-refractivity contribution in [1.29, 1.82) is 0 Å². The number of amides is 1. The molecule has 27 heavy (non-hydrogen) atoms. The number of hydrogen-bond donors (Lipinski definition) is 1. The maximum absolute atomic E-state index is 12.3. The molecule has 0 aliphatic heterocycles. The SMILES string of the molecule is CC(C)c1ccc(N(CC(=O)NN=C2CCCCCCC2)S(C)(=O)=O)cc1. The molecule has 0 heterocycles. The molecular formula is C20H31N3O3S. The molecule has 150 valence electrons. The standard InChI is InChI=1S/C20H31N3O3S/c1-16(2)17-11-13-19(14-12-17)23(27(3,25)26)15-20(24)22-21-18-9-7-5-4-6-8-10-18/h11-14,16H,4-10,15H2,1-3H3,(H,22,24). The molecule has 1 fully saturated rings. The van der Waals surface area contributed by atoms with Crippen molar-refractivity contribution in [3.8, 4) is 0 Å². The minimum atomic E-state index is -3.58. The van der Waals surface area contributed by atoms with Gasteiger partial charge in [0.15, 0.2) is 0 Å². The predicted octanol–water partition coefficient (Wildman–Crippen LogP) is 3.79. The van der Waals surface area contributed by atoms with Crippen molar-refractivity contribution in [1.82, 2.24) is 5.43 Å². The molecule has 1 aromatic rings. The number of nitrogens with zero attached hydrogens (tertiary/aromatic N) is 2. The van der Waals surface area contributed by atoms with E-state index >= 15 is 0 Å². The molecule has 0 bridgehead atoms. The van der Waals surface area contributed by atoms with Crippen LogP contribution >= 0.6 is 0 Å². The second-order valence-electron chi connectivity index (χ2n) is 7.50. The van der Waals surface area contributed by atoms with Crippen molar-refractivity contribution in [2.45, 2.75) is 64.7 Å². The summed E-state index contributed by atoms with van der Waals surface area (Å²) >= 11 is 0. The van der Waals surface area contributed by atoms with Crippen LogP contribution < -0.4 is 9.73 Å². The summed E-state index contributed by atoms with van der Waals surface area (Å²) in [5.74, 6) is -0.0726. The van der Waals surface area contributed by atoms with Gasteiger partial charge in [-0.3, -0.25) is 9.10 Å². The topological polar surface area (TPSA) is 78.8 Å². The third-order valence-corrected chi connectivity index (χ3v) is 5.95. The van der Waals surface area contributed by atoms with Crippen LogP contribution in [0.15, 0.2) is 29.4 Å². The van der Waals surface area contributed by atoms with Crippen molar-refractivity contribution in [3.63, 3.8) is 0 Å². The lowest BCUT2D eigenvalue weighted by Gasteiger charge is -2.22. The molecule has 0 aromatic heterocycles. The van der Waals surface area contributed by atoms with Crippen molar-refractivity contribution >= 4 is 27.3 Å². The summed E-state index contributed by atoms with van der Waals surface area (Å²) in [6, 6.07) is 7.27. The highest BCUT2D eigenvalue weighted by Crippen LogP contribution is 2.22.